The molecule has 2 fully saturated rings. The van der Waals surface area contributed by atoms with Gasteiger partial charge in [-0.1, -0.05) is 19.8 Å². The van der Waals surface area contributed by atoms with Crippen molar-refractivity contribution in [3.05, 3.63) is 0 Å². The number of rotatable bonds is 6. The second-order valence-electron chi connectivity index (χ2n) is 5.79. The summed E-state index contributed by atoms with van der Waals surface area (Å²) in [5.41, 5.74) is 0.444. The highest BCUT2D eigenvalue weighted by molar-refractivity contribution is 7.91. The van der Waals surface area contributed by atoms with Crippen molar-refractivity contribution >= 4 is 9.84 Å². The lowest BCUT2D eigenvalue weighted by molar-refractivity contribution is 0.0692. The van der Waals surface area contributed by atoms with Crippen LogP contribution in [0.3, 0.4) is 0 Å². The third kappa shape index (κ3) is 3.02. The Balaban J connectivity index is 1.83. The SMILES string of the molecule is CCS(=O)(=O)CCCC1(C2CCCC2)CNC1. The molecular weight excluding hydrogens is 234 g/mol. The Morgan fingerprint density at radius 2 is 1.88 bits per heavy atom. The molecule has 2 rings (SSSR count). The van der Waals surface area contributed by atoms with Crippen molar-refractivity contribution in [3.8, 4) is 0 Å². The predicted molar refractivity (Wildman–Crippen MR) is 70.8 cm³/mol. The second-order valence-corrected chi connectivity index (χ2v) is 8.26. The maximum atomic E-state index is 11.5. The van der Waals surface area contributed by atoms with Crippen LogP contribution in [0.4, 0.5) is 0 Å². The first kappa shape index (κ1) is 13.3. The Labute approximate surface area is 105 Å². The second kappa shape index (κ2) is 5.27. The summed E-state index contributed by atoms with van der Waals surface area (Å²) < 4.78 is 23.0. The van der Waals surface area contributed by atoms with E-state index in [4.69, 9.17) is 0 Å². The van der Waals surface area contributed by atoms with Crippen LogP contribution in [0.25, 0.3) is 0 Å². The number of sulfone groups is 1. The van der Waals surface area contributed by atoms with Crippen LogP contribution in [0.15, 0.2) is 0 Å². The monoisotopic (exact) mass is 259 g/mol. The lowest BCUT2D eigenvalue weighted by Gasteiger charge is -2.47. The standard InChI is InChI=1S/C13H25NO2S/c1-2-17(15,16)9-5-8-13(10-14-11-13)12-6-3-4-7-12/h12,14H,2-11H2,1H3. The van der Waals surface area contributed by atoms with Crippen LogP contribution < -0.4 is 5.32 Å². The maximum absolute atomic E-state index is 11.5. The van der Waals surface area contributed by atoms with Crippen molar-refractivity contribution in [3.63, 3.8) is 0 Å². The molecule has 1 saturated carbocycles. The van der Waals surface area contributed by atoms with Gasteiger partial charge in [0.2, 0.25) is 0 Å². The molecule has 4 heteroatoms. The maximum Gasteiger partial charge on any atom is 0.150 e. The molecule has 1 aliphatic heterocycles. The summed E-state index contributed by atoms with van der Waals surface area (Å²) >= 11 is 0. The van der Waals surface area contributed by atoms with Gasteiger partial charge in [0.25, 0.3) is 0 Å². The zero-order valence-electron chi connectivity index (χ0n) is 10.9. The van der Waals surface area contributed by atoms with E-state index in [9.17, 15) is 8.42 Å². The quantitative estimate of drug-likeness (QED) is 0.793. The van der Waals surface area contributed by atoms with Crippen LogP contribution in [-0.2, 0) is 9.84 Å². The first-order chi connectivity index (χ1) is 8.08. The molecule has 0 radical (unpaired) electrons. The molecule has 0 spiro atoms. The van der Waals surface area contributed by atoms with Crippen molar-refractivity contribution in [1.29, 1.82) is 0 Å². The van der Waals surface area contributed by atoms with Gasteiger partial charge in [0.15, 0.2) is 0 Å². The molecule has 1 N–H and O–H groups in total. The zero-order valence-corrected chi connectivity index (χ0v) is 11.7. The van der Waals surface area contributed by atoms with Gasteiger partial charge in [-0.05, 0) is 37.0 Å². The average molecular weight is 259 g/mol. The molecule has 1 saturated heterocycles. The first-order valence-electron chi connectivity index (χ1n) is 6.99. The molecule has 0 aromatic heterocycles. The zero-order chi connectivity index (χ0) is 12.4. The molecule has 1 heterocycles. The molecule has 2 aliphatic rings. The molecule has 0 atom stereocenters. The van der Waals surface area contributed by atoms with E-state index in [1.54, 1.807) is 6.92 Å². The van der Waals surface area contributed by atoms with E-state index in [2.05, 4.69) is 5.32 Å². The van der Waals surface area contributed by atoms with Crippen LogP contribution in [0, 0.1) is 11.3 Å². The van der Waals surface area contributed by atoms with E-state index >= 15 is 0 Å². The summed E-state index contributed by atoms with van der Waals surface area (Å²) in [6.45, 7) is 3.97. The van der Waals surface area contributed by atoms with Crippen LogP contribution in [0.1, 0.15) is 45.4 Å². The van der Waals surface area contributed by atoms with Gasteiger partial charge in [-0.2, -0.15) is 0 Å². The Bertz CT molecular complexity index is 340. The summed E-state index contributed by atoms with van der Waals surface area (Å²) in [6, 6.07) is 0. The van der Waals surface area contributed by atoms with E-state index in [0.29, 0.717) is 16.9 Å². The van der Waals surface area contributed by atoms with Gasteiger partial charge in [-0.3, -0.25) is 0 Å². The molecule has 17 heavy (non-hydrogen) atoms. The predicted octanol–water partition coefficient (Wildman–Crippen LogP) is 1.98. The fraction of sp³-hybridized carbons (Fsp3) is 1.00. The number of hydrogen-bond acceptors (Lipinski definition) is 3. The van der Waals surface area contributed by atoms with Gasteiger partial charge in [0, 0.05) is 18.8 Å². The van der Waals surface area contributed by atoms with E-state index < -0.39 is 9.84 Å². The van der Waals surface area contributed by atoms with Gasteiger partial charge < -0.3 is 5.32 Å². The fourth-order valence-corrected chi connectivity index (χ4v) is 4.32. The van der Waals surface area contributed by atoms with Gasteiger partial charge in [-0.25, -0.2) is 8.42 Å². The molecule has 0 aromatic carbocycles. The molecule has 0 unspecified atom stereocenters. The molecular formula is C13H25NO2S. The highest BCUT2D eigenvalue weighted by Crippen LogP contribution is 2.45. The third-order valence-electron chi connectivity index (χ3n) is 4.75. The minimum Gasteiger partial charge on any atom is -0.316 e. The van der Waals surface area contributed by atoms with E-state index in [1.807, 2.05) is 0 Å². The summed E-state index contributed by atoms with van der Waals surface area (Å²) in [5.74, 6) is 1.53. The molecule has 0 bridgehead atoms. The van der Waals surface area contributed by atoms with Crippen molar-refractivity contribution in [1.82, 2.24) is 5.32 Å². The third-order valence-corrected chi connectivity index (χ3v) is 6.54. The minimum atomic E-state index is -2.77. The number of hydrogen-bond donors (Lipinski definition) is 1. The molecule has 1 aliphatic carbocycles. The van der Waals surface area contributed by atoms with Crippen LogP contribution in [0.2, 0.25) is 0 Å². The van der Waals surface area contributed by atoms with Crippen LogP contribution >= 0.6 is 0 Å². The first-order valence-corrected chi connectivity index (χ1v) is 8.81. The van der Waals surface area contributed by atoms with Gasteiger partial charge in [0.05, 0.1) is 5.75 Å². The van der Waals surface area contributed by atoms with Crippen LogP contribution in [-0.4, -0.2) is 33.0 Å². The van der Waals surface area contributed by atoms with Gasteiger partial charge in [-0.15, -0.1) is 0 Å². The molecule has 3 nitrogen and oxygen atoms in total. The van der Waals surface area contributed by atoms with Crippen molar-refractivity contribution in [2.45, 2.75) is 45.4 Å². The van der Waals surface area contributed by atoms with E-state index in [-0.39, 0.29) is 0 Å². The lowest BCUT2D eigenvalue weighted by Crippen LogP contribution is -2.57. The summed E-state index contributed by atoms with van der Waals surface area (Å²) in [6.07, 6.45) is 7.43. The number of nitrogens with one attached hydrogen (secondary N) is 1. The smallest absolute Gasteiger partial charge is 0.150 e. The Kier molecular flexibility index (Phi) is 4.14. The Morgan fingerprint density at radius 1 is 1.24 bits per heavy atom. The van der Waals surface area contributed by atoms with Gasteiger partial charge in [0.1, 0.15) is 9.84 Å². The minimum absolute atomic E-state index is 0.293. The summed E-state index contributed by atoms with van der Waals surface area (Å²) in [5, 5.41) is 3.39. The van der Waals surface area contributed by atoms with Gasteiger partial charge >= 0.3 is 0 Å². The lowest BCUT2D eigenvalue weighted by atomic mass is 9.67. The van der Waals surface area contributed by atoms with E-state index in [1.165, 1.54) is 25.7 Å². The van der Waals surface area contributed by atoms with Crippen molar-refractivity contribution < 1.29 is 8.42 Å². The van der Waals surface area contributed by atoms with Crippen LogP contribution in [0.5, 0.6) is 0 Å². The Morgan fingerprint density at radius 3 is 2.35 bits per heavy atom. The molecule has 0 amide bonds. The normalized spacial score (nSPS) is 24.8. The summed E-state index contributed by atoms with van der Waals surface area (Å²) in [7, 11) is -2.77. The largest absolute Gasteiger partial charge is 0.316 e. The topological polar surface area (TPSA) is 46.2 Å². The van der Waals surface area contributed by atoms with Crippen molar-refractivity contribution in [2.75, 3.05) is 24.6 Å². The average Bonchev–Trinajstić information content (AvgIpc) is 2.75. The highest BCUT2D eigenvalue weighted by atomic mass is 32.2. The summed E-state index contributed by atoms with van der Waals surface area (Å²) in [4.78, 5) is 0. The molecule has 100 valence electrons. The van der Waals surface area contributed by atoms with Crippen molar-refractivity contribution in [2.24, 2.45) is 11.3 Å². The Hall–Kier alpha value is -0.0900. The highest BCUT2D eigenvalue weighted by Gasteiger charge is 2.44. The van der Waals surface area contributed by atoms with E-state index in [0.717, 1.165) is 31.8 Å². The molecule has 0 aromatic rings. The fourth-order valence-electron chi connectivity index (χ4n) is 3.44.